The van der Waals surface area contributed by atoms with Crippen LogP contribution in [0.4, 0.5) is 13.2 Å². The lowest BCUT2D eigenvalue weighted by molar-refractivity contribution is -0.148. The lowest BCUT2D eigenvalue weighted by Crippen LogP contribution is -2.39. The summed E-state index contributed by atoms with van der Waals surface area (Å²) in [6.45, 7) is 6.02. The monoisotopic (exact) mass is 944 g/mol. The number of aryl methyl sites for hydroxylation is 1. The van der Waals surface area contributed by atoms with Gasteiger partial charge in [0.25, 0.3) is 5.92 Å². The number of nitrogens with zero attached hydrogens (tertiary/aromatic N) is 7. The Morgan fingerprint density at radius 3 is 2.58 bits per heavy atom. The van der Waals surface area contributed by atoms with Gasteiger partial charge in [-0.2, -0.15) is 0 Å². The van der Waals surface area contributed by atoms with Crippen LogP contribution in [0.2, 0.25) is 5.02 Å². The number of aliphatic imine (C=N–C) groups is 1. The average Bonchev–Trinajstić information content (AvgIpc) is 4.00. The number of benzene rings is 2. The number of ether oxygens (including phenoxy) is 3. The van der Waals surface area contributed by atoms with Gasteiger partial charge in [0.2, 0.25) is 0 Å². The van der Waals surface area contributed by atoms with E-state index in [1.54, 1.807) is 43.2 Å². The van der Waals surface area contributed by atoms with Crippen molar-refractivity contribution in [2.45, 2.75) is 70.8 Å². The fourth-order valence-electron chi connectivity index (χ4n) is 7.31. The van der Waals surface area contributed by atoms with Gasteiger partial charge in [0, 0.05) is 40.9 Å². The minimum absolute atomic E-state index is 0.0109. The average molecular weight is 945 g/mol. The van der Waals surface area contributed by atoms with Gasteiger partial charge in [0.05, 0.1) is 68.9 Å². The van der Waals surface area contributed by atoms with Crippen LogP contribution in [-0.2, 0) is 39.4 Å². The van der Waals surface area contributed by atoms with E-state index >= 15 is 8.78 Å². The number of fused-ring (bicyclic) bond motifs is 1. The van der Waals surface area contributed by atoms with Gasteiger partial charge in [-0.25, -0.2) is 42.5 Å². The van der Waals surface area contributed by atoms with Crippen LogP contribution in [0, 0.1) is 12.7 Å². The highest BCUT2D eigenvalue weighted by molar-refractivity contribution is 7.54. The lowest BCUT2D eigenvalue weighted by atomic mass is 9.95. The number of alkyl halides is 2. The predicted molar refractivity (Wildman–Crippen MR) is 231 cm³/mol. The number of aromatic nitrogens is 5. The van der Waals surface area contributed by atoms with Gasteiger partial charge in [-0.05, 0) is 57.5 Å². The number of nitrogens with one attached hydrogen (secondary N) is 1. The molecule has 2 aromatic carbocycles. The topological polar surface area (TPSA) is 181 Å². The van der Waals surface area contributed by atoms with Crippen molar-refractivity contribution in [3.05, 3.63) is 111 Å². The minimum atomic E-state index is -4.13. The summed E-state index contributed by atoms with van der Waals surface area (Å²) in [5.74, 6) is -6.13. The third kappa shape index (κ3) is 11.0. The van der Waals surface area contributed by atoms with Crippen molar-refractivity contribution in [1.29, 1.82) is 0 Å². The summed E-state index contributed by atoms with van der Waals surface area (Å²) in [5.41, 5.74) is 2.78. The second-order valence-electron chi connectivity index (χ2n) is 15.4. The molecule has 1 fully saturated rings. The highest BCUT2D eigenvalue weighted by Crippen LogP contribution is 2.49. The normalized spacial score (nSPS) is 19.0. The third-order valence-corrected chi connectivity index (χ3v) is 12.9. The smallest absolute Gasteiger partial charge is 0.404 e. The van der Waals surface area contributed by atoms with Crippen LogP contribution in [0.25, 0.3) is 11.2 Å². The number of rotatable bonds is 18. The quantitative estimate of drug-likeness (QED) is 0.0669. The second kappa shape index (κ2) is 19.9. The molecule has 5 heterocycles. The Labute approximate surface area is 375 Å². The van der Waals surface area contributed by atoms with E-state index in [0.29, 0.717) is 27.4 Å². The Bertz CT molecular complexity index is 2600. The molecule has 340 valence electrons. The molecule has 1 saturated heterocycles. The summed E-state index contributed by atoms with van der Waals surface area (Å²) in [5, 5.41) is 5.34. The Morgan fingerprint density at radius 1 is 1.09 bits per heavy atom. The number of imidazole rings is 1. The van der Waals surface area contributed by atoms with Crippen LogP contribution in [0.5, 0.6) is 5.75 Å². The number of amidine groups is 1. The molecule has 22 heteroatoms. The van der Waals surface area contributed by atoms with Gasteiger partial charge in [0.1, 0.15) is 29.5 Å². The first kappa shape index (κ1) is 46.7. The van der Waals surface area contributed by atoms with Crippen molar-refractivity contribution in [2.24, 2.45) is 4.99 Å². The first-order valence-electron chi connectivity index (χ1n) is 20.1. The SMILES string of the molecule is COC(=O)C1=C(CN2CC(c3ccc(OP(=O)(CO[C@H](C)Cn4cnc5c(C)ncnc54)OCCC(=O)OC(C)C)cc3)C(F)(F)C2)NC(c2nccs2)=NC1c1ccc(F)cc1Cl. The molecule has 7 rings (SSSR count). The van der Waals surface area contributed by atoms with Crippen molar-refractivity contribution in [1.82, 2.24) is 34.7 Å². The molecule has 64 heavy (non-hydrogen) atoms. The maximum atomic E-state index is 16.0. The molecule has 3 unspecified atom stereocenters. The summed E-state index contributed by atoms with van der Waals surface area (Å²) >= 11 is 7.74. The zero-order chi connectivity index (χ0) is 45.8. The van der Waals surface area contributed by atoms with Crippen molar-refractivity contribution >= 4 is 59.5 Å². The number of hydrogen-bond acceptors (Lipinski definition) is 16. The number of esters is 2. The molecule has 2 aliphatic rings. The largest absolute Gasteiger partial charge is 0.466 e. The van der Waals surface area contributed by atoms with Crippen LogP contribution in [0.3, 0.4) is 0 Å². The highest BCUT2D eigenvalue weighted by atomic mass is 35.5. The number of carbonyl (C=O) groups is 2. The van der Waals surface area contributed by atoms with Crippen molar-refractivity contribution < 1.29 is 50.6 Å². The van der Waals surface area contributed by atoms with E-state index in [9.17, 15) is 18.5 Å². The van der Waals surface area contributed by atoms with Gasteiger partial charge in [-0.15, -0.1) is 11.3 Å². The van der Waals surface area contributed by atoms with E-state index in [0.717, 1.165) is 6.07 Å². The number of likely N-dealkylation sites (tertiary alicyclic amines) is 1. The lowest BCUT2D eigenvalue weighted by Gasteiger charge is -2.29. The molecule has 0 bridgehead atoms. The number of halogens is 4. The molecule has 0 amide bonds. The van der Waals surface area contributed by atoms with Crippen molar-refractivity contribution in [3.63, 3.8) is 0 Å². The molecule has 1 N–H and O–H groups in total. The molecule has 3 aromatic heterocycles. The van der Waals surface area contributed by atoms with Crippen LogP contribution < -0.4 is 9.84 Å². The predicted octanol–water partition coefficient (Wildman–Crippen LogP) is 7.63. The van der Waals surface area contributed by atoms with E-state index in [1.165, 1.54) is 66.1 Å². The summed E-state index contributed by atoms with van der Waals surface area (Å²) in [6.07, 6.45) is 3.00. The van der Waals surface area contributed by atoms with E-state index in [4.69, 9.17) is 39.9 Å². The maximum absolute atomic E-state index is 16.0. The van der Waals surface area contributed by atoms with E-state index < -0.39 is 62.2 Å². The van der Waals surface area contributed by atoms with Gasteiger partial charge >= 0.3 is 19.5 Å². The molecule has 0 radical (unpaired) electrons. The highest BCUT2D eigenvalue weighted by Gasteiger charge is 2.49. The molecule has 0 saturated carbocycles. The van der Waals surface area contributed by atoms with E-state index in [1.807, 2.05) is 6.92 Å². The maximum Gasteiger partial charge on any atom is 0.404 e. The van der Waals surface area contributed by atoms with Crippen LogP contribution >= 0.6 is 30.5 Å². The van der Waals surface area contributed by atoms with Crippen molar-refractivity contribution in [3.8, 4) is 5.75 Å². The molecule has 5 aromatic rings. The van der Waals surface area contributed by atoms with Crippen LogP contribution in [0.1, 0.15) is 61.0 Å². The molecular formula is C42H45ClF3N8O8PS. The summed E-state index contributed by atoms with van der Waals surface area (Å²) in [4.78, 5) is 49.0. The molecule has 0 spiro atoms. The zero-order valence-corrected chi connectivity index (χ0v) is 37.8. The van der Waals surface area contributed by atoms with E-state index in [-0.39, 0.29) is 72.2 Å². The minimum Gasteiger partial charge on any atom is -0.466 e. The summed E-state index contributed by atoms with van der Waals surface area (Å²) in [6, 6.07) is 8.37. The summed E-state index contributed by atoms with van der Waals surface area (Å²) < 4.78 is 89.9. The molecule has 0 aliphatic carbocycles. The van der Waals surface area contributed by atoms with Gasteiger partial charge in [-0.1, -0.05) is 29.8 Å². The first-order chi connectivity index (χ1) is 30.5. The Morgan fingerprint density at radius 2 is 1.88 bits per heavy atom. The third-order valence-electron chi connectivity index (χ3n) is 10.2. The standard InChI is InChI=1S/C42H45ClF3N8O8PS/c1-24(2)61-34(55)12-14-60-63(57,23-59-25(3)17-54-22-50-36-26(4)48-21-49-39(36)54)62-29-9-6-27(7-10-29)31-18-53(20-42(31,45)46)19-33-35(41(56)58-5)37(30-11-8-28(44)16-32(30)43)52-38(51-33)40-47-13-15-64-40/h6-11,13,15-16,21-22,24-25,31,37H,12,14,17-20,23H2,1-5H3,(H,51,52)/t25-,31?,37?,63?/m1/s1. The summed E-state index contributed by atoms with van der Waals surface area (Å²) in [7, 11) is -2.94. The molecule has 4 atom stereocenters. The Hall–Kier alpha value is -5.24. The molecule has 16 nitrogen and oxygen atoms in total. The van der Waals surface area contributed by atoms with E-state index in [2.05, 4.69) is 25.3 Å². The fourth-order valence-corrected chi connectivity index (χ4v) is 9.59. The second-order valence-corrected chi connectivity index (χ2v) is 18.6. The number of hydrogen-bond donors (Lipinski definition) is 1. The van der Waals surface area contributed by atoms with Crippen LogP contribution in [0.15, 0.2) is 83.0 Å². The van der Waals surface area contributed by atoms with Gasteiger partial charge < -0.3 is 28.6 Å². The fraction of sp³-hybridized carbons (Fsp3) is 0.405. The van der Waals surface area contributed by atoms with Crippen molar-refractivity contribution in [2.75, 3.05) is 39.7 Å². The number of thiazole rings is 1. The Balaban J connectivity index is 1.07. The number of carbonyl (C=O) groups excluding carboxylic acids is 2. The zero-order valence-electron chi connectivity index (χ0n) is 35.4. The van der Waals surface area contributed by atoms with Gasteiger partial charge in [0.15, 0.2) is 22.8 Å². The van der Waals surface area contributed by atoms with Crippen LogP contribution in [-0.4, -0.2) is 105 Å². The first-order valence-corrected chi connectivity index (χ1v) is 23.1. The molecular weight excluding hydrogens is 900 g/mol. The Kier molecular flexibility index (Phi) is 14.5. The molecule has 2 aliphatic heterocycles. The number of methoxy groups -OCH3 is 1. The van der Waals surface area contributed by atoms with Gasteiger partial charge in [-0.3, -0.25) is 19.2 Å².